The van der Waals surface area contributed by atoms with Crippen molar-refractivity contribution in [3.8, 4) is 11.6 Å². The van der Waals surface area contributed by atoms with Crippen molar-refractivity contribution in [2.75, 3.05) is 6.61 Å². The Morgan fingerprint density at radius 3 is 2.59 bits per heavy atom. The molecule has 0 bridgehead atoms. The molecule has 0 saturated heterocycles. The van der Waals surface area contributed by atoms with E-state index in [0.29, 0.717) is 6.07 Å². The van der Waals surface area contributed by atoms with Crippen molar-refractivity contribution < 1.29 is 23.0 Å². The van der Waals surface area contributed by atoms with Gasteiger partial charge in [0.1, 0.15) is 11.3 Å². The molecular formula is C11H8F3NO2. The molecule has 0 amide bonds. The highest BCUT2D eigenvalue weighted by Crippen LogP contribution is 2.31. The molecule has 2 aromatic rings. The molecule has 0 aliphatic carbocycles. The van der Waals surface area contributed by atoms with Crippen molar-refractivity contribution in [3.63, 3.8) is 0 Å². The first-order valence-electron chi connectivity index (χ1n) is 4.84. The van der Waals surface area contributed by atoms with Crippen LogP contribution in [0.15, 0.2) is 12.1 Å². The summed E-state index contributed by atoms with van der Waals surface area (Å²) >= 11 is 0. The predicted molar refractivity (Wildman–Crippen MR) is 54.5 cm³/mol. The van der Waals surface area contributed by atoms with Gasteiger partial charge in [0.15, 0.2) is 17.5 Å². The normalized spacial score (nSPS) is 10.8. The lowest BCUT2D eigenvalue weighted by molar-refractivity contribution is 0.325. The standard InChI is InChI=1S/C11H8F3NO2/c1-2-17-8-4-7(16)5-3-6(12)9(13)10(14)11(5)15-8/h3-4H,2H2,1H3,(H,15,16). The molecule has 1 N–H and O–H groups in total. The third-order valence-corrected chi connectivity index (χ3v) is 2.19. The van der Waals surface area contributed by atoms with Gasteiger partial charge in [-0.15, -0.1) is 0 Å². The highest BCUT2D eigenvalue weighted by molar-refractivity contribution is 5.86. The molecule has 90 valence electrons. The zero-order valence-electron chi connectivity index (χ0n) is 8.80. The van der Waals surface area contributed by atoms with Gasteiger partial charge in [-0.25, -0.2) is 18.2 Å². The molecule has 0 unspecified atom stereocenters. The van der Waals surface area contributed by atoms with Crippen molar-refractivity contribution in [3.05, 3.63) is 29.6 Å². The summed E-state index contributed by atoms with van der Waals surface area (Å²) in [7, 11) is 0. The Morgan fingerprint density at radius 1 is 1.24 bits per heavy atom. The van der Waals surface area contributed by atoms with E-state index in [1.165, 1.54) is 0 Å². The molecule has 0 radical (unpaired) electrons. The summed E-state index contributed by atoms with van der Waals surface area (Å²) in [5.41, 5.74) is -0.465. The zero-order valence-corrected chi connectivity index (χ0v) is 8.80. The second kappa shape index (κ2) is 4.12. The molecular weight excluding hydrogens is 235 g/mol. The molecule has 0 fully saturated rings. The van der Waals surface area contributed by atoms with Crippen molar-refractivity contribution in [1.29, 1.82) is 0 Å². The van der Waals surface area contributed by atoms with Crippen molar-refractivity contribution in [2.45, 2.75) is 6.92 Å². The van der Waals surface area contributed by atoms with Crippen LogP contribution in [0.1, 0.15) is 6.92 Å². The Balaban J connectivity index is 2.78. The number of rotatable bonds is 2. The lowest BCUT2D eigenvalue weighted by atomic mass is 10.2. The maximum absolute atomic E-state index is 13.4. The molecule has 0 aliphatic heterocycles. The Kier molecular flexibility index (Phi) is 2.79. The van der Waals surface area contributed by atoms with E-state index < -0.39 is 28.7 Å². The fraction of sp³-hybridized carbons (Fsp3) is 0.182. The third-order valence-electron chi connectivity index (χ3n) is 2.19. The molecule has 1 heterocycles. The number of halogens is 3. The van der Waals surface area contributed by atoms with E-state index in [2.05, 4.69) is 4.98 Å². The Bertz CT molecular complexity index is 587. The van der Waals surface area contributed by atoms with E-state index in [9.17, 15) is 18.3 Å². The van der Waals surface area contributed by atoms with Gasteiger partial charge in [0.05, 0.1) is 6.61 Å². The van der Waals surface area contributed by atoms with Gasteiger partial charge in [-0.2, -0.15) is 0 Å². The van der Waals surface area contributed by atoms with Crippen LogP contribution in [0, 0.1) is 17.5 Å². The van der Waals surface area contributed by atoms with E-state index in [-0.39, 0.29) is 17.9 Å². The minimum absolute atomic E-state index is 0.0533. The number of aromatic nitrogens is 1. The number of pyridine rings is 1. The van der Waals surface area contributed by atoms with E-state index in [1.54, 1.807) is 6.92 Å². The summed E-state index contributed by atoms with van der Waals surface area (Å²) in [5.74, 6) is -4.93. The largest absolute Gasteiger partial charge is 0.507 e. The second-order valence-corrected chi connectivity index (χ2v) is 3.30. The molecule has 0 aliphatic rings. The van der Waals surface area contributed by atoms with E-state index >= 15 is 0 Å². The van der Waals surface area contributed by atoms with Crippen LogP contribution < -0.4 is 4.74 Å². The summed E-state index contributed by atoms with van der Waals surface area (Å²) in [6, 6.07) is 1.80. The van der Waals surface area contributed by atoms with Gasteiger partial charge in [0.2, 0.25) is 5.88 Å². The van der Waals surface area contributed by atoms with Gasteiger partial charge in [-0.05, 0) is 13.0 Å². The number of nitrogens with zero attached hydrogens (tertiary/aromatic N) is 1. The second-order valence-electron chi connectivity index (χ2n) is 3.30. The lowest BCUT2D eigenvalue weighted by Gasteiger charge is -2.07. The van der Waals surface area contributed by atoms with Gasteiger partial charge in [0.25, 0.3) is 0 Å². The van der Waals surface area contributed by atoms with Crippen LogP contribution in [0.5, 0.6) is 11.6 Å². The van der Waals surface area contributed by atoms with E-state index in [1.807, 2.05) is 0 Å². The molecule has 3 nitrogen and oxygen atoms in total. The van der Waals surface area contributed by atoms with E-state index in [4.69, 9.17) is 4.74 Å². The number of benzene rings is 1. The lowest BCUT2D eigenvalue weighted by Crippen LogP contribution is -1.98. The summed E-state index contributed by atoms with van der Waals surface area (Å²) in [4.78, 5) is 3.66. The number of hydrogen-bond acceptors (Lipinski definition) is 3. The van der Waals surface area contributed by atoms with Gasteiger partial charge < -0.3 is 9.84 Å². The topological polar surface area (TPSA) is 42.4 Å². The maximum Gasteiger partial charge on any atom is 0.217 e. The molecule has 6 heteroatoms. The van der Waals surface area contributed by atoms with Crippen molar-refractivity contribution in [2.24, 2.45) is 0 Å². The van der Waals surface area contributed by atoms with Gasteiger partial charge >= 0.3 is 0 Å². The highest BCUT2D eigenvalue weighted by Gasteiger charge is 2.18. The third kappa shape index (κ3) is 1.86. The first-order chi connectivity index (χ1) is 8.04. The average molecular weight is 243 g/mol. The molecule has 0 saturated carbocycles. The fourth-order valence-electron chi connectivity index (χ4n) is 1.45. The number of hydrogen-bond donors (Lipinski definition) is 1. The monoisotopic (exact) mass is 243 g/mol. The van der Waals surface area contributed by atoms with Crippen LogP contribution in [0.25, 0.3) is 10.9 Å². The maximum atomic E-state index is 13.4. The Morgan fingerprint density at radius 2 is 1.94 bits per heavy atom. The average Bonchev–Trinajstić information content (AvgIpc) is 2.29. The molecule has 2 rings (SSSR count). The van der Waals surface area contributed by atoms with Crippen LogP contribution in [0.2, 0.25) is 0 Å². The molecule has 1 aromatic carbocycles. The van der Waals surface area contributed by atoms with Crippen LogP contribution in [-0.4, -0.2) is 16.7 Å². The number of fused-ring (bicyclic) bond motifs is 1. The van der Waals surface area contributed by atoms with Crippen molar-refractivity contribution >= 4 is 10.9 Å². The first kappa shape index (κ1) is 11.5. The predicted octanol–water partition coefficient (Wildman–Crippen LogP) is 2.76. The fourth-order valence-corrected chi connectivity index (χ4v) is 1.45. The Labute approximate surface area is 94.5 Å². The van der Waals surface area contributed by atoms with Crippen LogP contribution in [-0.2, 0) is 0 Å². The van der Waals surface area contributed by atoms with Crippen molar-refractivity contribution in [1.82, 2.24) is 4.98 Å². The SMILES string of the molecule is CCOc1cc(O)c2cc(F)c(F)c(F)c2n1. The number of ether oxygens (including phenoxy) is 1. The zero-order chi connectivity index (χ0) is 12.6. The van der Waals surface area contributed by atoms with Gasteiger partial charge in [-0.3, -0.25) is 0 Å². The van der Waals surface area contributed by atoms with Crippen LogP contribution >= 0.6 is 0 Å². The van der Waals surface area contributed by atoms with Crippen LogP contribution in [0.4, 0.5) is 13.2 Å². The summed E-state index contributed by atoms with van der Waals surface area (Å²) < 4.78 is 44.3. The van der Waals surface area contributed by atoms with Crippen LogP contribution in [0.3, 0.4) is 0 Å². The molecule has 1 aromatic heterocycles. The van der Waals surface area contributed by atoms with E-state index in [0.717, 1.165) is 6.07 Å². The summed E-state index contributed by atoms with van der Waals surface area (Å²) in [6.07, 6.45) is 0. The summed E-state index contributed by atoms with van der Waals surface area (Å²) in [6.45, 7) is 1.92. The highest BCUT2D eigenvalue weighted by atomic mass is 19.2. The quantitative estimate of drug-likeness (QED) is 0.824. The molecule has 17 heavy (non-hydrogen) atoms. The minimum Gasteiger partial charge on any atom is -0.507 e. The molecule has 0 atom stereocenters. The first-order valence-corrected chi connectivity index (χ1v) is 4.84. The van der Waals surface area contributed by atoms with Gasteiger partial charge in [-0.1, -0.05) is 0 Å². The molecule has 0 spiro atoms. The smallest absolute Gasteiger partial charge is 0.217 e. The minimum atomic E-state index is -1.63. The Hall–Kier alpha value is -1.98. The van der Waals surface area contributed by atoms with Gasteiger partial charge in [0, 0.05) is 11.5 Å². The number of aromatic hydroxyl groups is 1. The summed E-state index contributed by atoms with van der Waals surface area (Å²) in [5, 5.41) is 9.34.